The first kappa shape index (κ1) is 18.5. The smallest absolute Gasteiger partial charge is 0.407 e. The van der Waals surface area contributed by atoms with Crippen molar-refractivity contribution in [1.29, 1.82) is 0 Å². The minimum Gasteiger partial charge on any atom is -0.444 e. The first-order chi connectivity index (χ1) is 12.8. The Morgan fingerprint density at radius 3 is 2.37 bits per heavy atom. The molecular formula is C19H20N4O4. The molecule has 0 bridgehead atoms. The lowest BCUT2D eigenvalue weighted by Gasteiger charge is -2.20. The molecule has 8 heteroatoms. The van der Waals surface area contributed by atoms with Crippen LogP contribution in [0.15, 0.2) is 30.5 Å². The van der Waals surface area contributed by atoms with Crippen LogP contribution in [0.3, 0.4) is 0 Å². The summed E-state index contributed by atoms with van der Waals surface area (Å²) in [6, 6.07) is 6.66. The van der Waals surface area contributed by atoms with Crippen molar-refractivity contribution in [3.05, 3.63) is 52.7 Å². The van der Waals surface area contributed by atoms with Gasteiger partial charge in [0.2, 0.25) is 0 Å². The Balaban J connectivity index is 1.71. The number of benzene rings is 1. The van der Waals surface area contributed by atoms with Crippen LogP contribution in [-0.2, 0) is 4.74 Å². The van der Waals surface area contributed by atoms with E-state index in [1.807, 2.05) is 0 Å². The number of hydrogen-bond acceptors (Lipinski definition) is 7. The monoisotopic (exact) mass is 368 g/mol. The Kier molecular flexibility index (Phi) is 4.89. The molecular weight excluding hydrogens is 348 g/mol. The fourth-order valence-corrected chi connectivity index (χ4v) is 2.73. The van der Waals surface area contributed by atoms with Gasteiger partial charge in [-0.25, -0.2) is 4.79 Å². The van der Waals surface area contributed by atoms with E-state index < -0.39 is 11.7 Å². The zero-order chi connectivity index (χ0) is 19.6. The zero-order valence-electron chi connectivity index (χ0n) is 15.3. The minimum atomic E-state index is -0.582. The van der Waals surface area contributed by atoms with Crippen LogP contribution in [0.5, 0.6) is 0 Å². The van der Waals surface area contributed by atoms with Crippen LogP contribution in [0.1, 0.15) is 52.6 Å². The van der Waals surface area contributed by atoms with E-state index >= 15 is 0 Å². The molecule has 0 radical (unpaired) electrons. The molecule has 0 spiro atoms. The van der Waals surface area contributed by atoms with E-state index in [0.717, 1.165) is 0 Å². The van der Waals surface area contributed by atoms with Gasteiger partial charge in [0, 0.05) is 24.2 Å². The highest BCUT2D eigenvalue weighted by Crippen LogP contribution is 2.29. The standard InChI is InChI=1S/C19H20N4O4/c1-19(2,3)27-18(26)21-9-8-20-17-14-13(10-22-23-17)15(24)11-6-4-5-7-12(11)16(14)25/h4-7,10H,8-9H2,1-3H3,(H,20,23)(H,21,26). The molecule has 1 aliphatic carbocycles. The molecule has 27 heavy (non-hydrogen) atoms. The molecule has 8 nitrogen and oxygen atoms in total. The van der Waals surface area contributed by atoms with Gasteiger partial charge in [-0.1, -0.05) is 24.3 Å². The third kappa shape index (κ3) is 3.94. The SMILES string of the molecule is CC(C)(C)OC(=O)NCCNc1nncc2c1C(=O)c1ccccc1C2=O. The number of fused-ring (bicyclic) bond motifs is 2. The lowest BCUT2D eigenvalue weighted by molar-refractivity contribution is 0.0529. The number of aromatic nitrogens is 2. The van der Waals surface area contributed by atoms with Crippen LogP contribution in [0.4, 0.5) is 10.6 Å². The average molecular weight is 368 g/mol. The third-order valence-corrected chi connectivity index (χ3v) is 3.82. The second kappa shape index (κ2) is 7.14. The van der Waals surface area contributed by atoms with Crippen LogP contribution >= 0.6 is 0 Å². The van der Waals surface area contributed by atoms with Crippen molar-refractivity contribution in [2.24, 2.45) is 0 Å². The van der Waals surface area contributed by atoms with E-state index in [4.69, 9.17) is 4.74 Å². The van der Waals surface area contributed by atoms with Gasteiger partial charge in [0.05, 0.1) is 17.3 Å². The summed E-state index contributed by atoms with van der Waals surface area (Å²) in [6.45, 7) is 5.86. The van der Waals surface area contributed by atoms with E-state index in [2.05, 4.69) is 20.8 Å². The van der Waals surface area contributed by atoms with Gasteiger partial charge >= 0.3 is 6.09 Å². The molecule has 0 saturated carbocycles. The normalized spacial score (nSPS) is 12.9. The molecule has 1 aromatic heterocycles. The molecule has 1 amide bonds. The number of anilines is 1. The van der Waals surface area contributed by atoms with E-state index in [0.29, 0.717) is 11.1 Å². The van der Waals surface area contributed by atoms with Gasteiger partial charge in [-0.15, -0.1) is 5.10 Å². The van der Waals surface area contributed by atoms with Crippen molar-refractivity contribution in [2.45, 2.75) is 26.4 Å². The number of carbonyl (C=O) groups is 3. The molecule has 0 atom stereocenters. The van der Waals surface area contributed by atoms with Crippen molar-refractivity contribution >= 4 is 23.5 Å². The molecule has 2 aromatic rings. The van der Waals surface area contributed by atoms with Gasteiger partial charge in [-0.05, 0) is 20.8 Å². The average Bonchev–Trinajstić information content (AvgIpc) is 2.61. The van der Waals surface area contributed by atoms with Crippen LogP contribution in [0.25, 0.3) is 0 Å². The van der Waals surface area contributed by atoms with Gasteiger partial charge in [0.15, 0.2) is 17.4 Å². The molecule has 3 rings (SSSR count). The van der Waals surface area contributed by atoms with Gasteiger partial charge in [-0.2, -0.15) is 5.10 Å². The second-order valence-corrected chi connectivity index (χ2v) is 7.04. The number of nitrogens with one attached hydrogen (secondary N) is 2. The summed E-state index contributed by atoms with van der Waals surface area (Å²) in [7, 11) is 0. The Morgan fingerprint density at radius 1 is 1.04 bits per heavy atom. The van der Waals surface area contributed by atoms with Crippen LogP contribution in [0.2, 0.25) is 0 Å². The fourth-order valence-electron chi connectivity index (χ4n) is 2.73. The summed E-state index contributed by atoms with van der Waals surface area (Å²) < 4.78 is 5.15. The van der Waals surface area contributed by atoms with Crippen LogP contribution in [0, 0.1) is 0 Å². The Labute approximate surface area is 156 Å². The number of ketones is 2. The highest BCUT2D eigenvalue weighted by molar-refractivity contribution is 6.29. The molecule has 140 valence electrons. The van der Waals surface area contributed by atoms with E-state index in [1.54, 1.807) is 45.0 Å². The first-order valence-corrected chi connectivity index (χ1v) is 8.53. The third-order valence-electron chi connectivity index (χ3n) is 3.82. The number of amides is 1. The number of hydrogen-bond donors (Lipinski definition) is 2. The largest absolute Gasteiger partial charge is 0.444 e. The quantitative estimate of drug-likeness (QED) is 0.679. The number of carbonyl (C=O) groups excluding carboxylic acids is 3. The lowest BCUT2D eigenvalue weighted by atomic mass is 9.85. The number of ether oxygens (including phenoxy) is 1. The van der Waals surface area contributed by atoms with Crippen molar-refractivity contribution in [3.63, 3.8) is 0 Å². The lowest BCUT2D eigenvalue weighted by Crippen LogP contribution is -2.35. The molecule has 0 saturated heterocycles. The summed E-state index contributed by atoms with van der Waals surface area (Å²) in [5, 5.41) is 13.3. The van der Waals surface area contributed by atoms with E-state index in [1.165, 1.54) is 6.20 Å². The maximum atomic E-state index is 12.8. The maximum Gasteiger partial charge on any atom is 0.407 e. The van der Waals surface area contributed by atoms with Crippen LogP contribution in [-0.4, -0.2) is 46.5 Å². The summed E-state index contributed by atoms with van der Waals surface area (Å²) in [6.07, 6.45) is 0.765. The molecule has 0 aliphatic heterocycles. The van der Waals surface area contributed by atoms with Crippen LogP contribution < -0.4 is 10.6 Å². The molecule has 1 aromatic carbocycles. The van der Waals surface area contributed by atoms with Crippen molar-refractivity contribution < 1.29 is 19.1 Å². The predicted octanol–water partition coefficient (Wildman–Crippen LogP) is 2.19. The van der Waals surface area contributed by atoms with E-state index in [9.17, 15) is 14.4 Å². The van der Waals surface area contributed by atoms with Crippen molar-refractivity contribution in [3.8, 4) is 0 Å². The van der Waals surface area contributed by atoms with Gasteiger partial charge < -0.3 is 15.4 Å². The molecule has 2 N–H and O–H groups in total. The predicted molar refractivity (Wildman–Crippen MR) is 98.1 cm³/mol. The van der Waals surface area contributed by atoms with Crippen molar-refractivity contribution in [1.82, 2.24) is 15.5 Å². The van der Waals surface area contributed by atoms with Crippen molar-refractivity contribution in [2.75, 3.05) is 18.4 Å². The van der Waals surface area contributed by atoms with Gasteiger partial charge in [-0.3, -0.25) is 9.59 Å². The van der Waals surface area contributed by atoms with Gasteiger partial charge in [0.25, 0.3) is 0 Å². The first-order valence-electron chi connectivity index (χ1n) is 8.53. The summed E-state index contributed by atoms with van der Waals surface area (Å²) in [5.74, 6) is -0.325. The second-order valence-electron chi connectivity index (χ2n) is 7.04. The zero-order valence-corrected chi connectivity index (χ0v) is 15.3. The topological polar surface area (TPSA) is 110 Å². The highest BCUT2D eigenvalue weighted by Gasteiger charge is 2.32. The number of nitrogens with zero attached hydrogens (tertiary/aromatic N) is 2. The minimum absolute atomic E-state index is 0.200. The summed E-state index contributed by atoms with van der Waals surface area (Å²) >= 11 is 0. The van der Waals surface area contributed by atoms with Gasteiger partial charge in [0.1, 0.15) is 5.60 Å². The molecule has 0 fully saturated rings. The van der Waals surface area contributed by atoms with E-state index in [-0.39, 0.29) is 41.6 Å². The Bertz CT molecular complexity index is 918. The molecule has 1 heterocycles. The fraction of sp³-hybridized carbons (Fsp3) is 0.316. The molecule has 0 unspecified atom stereocenters. The Morgan fingerprint density at radius 2 is 1.70 bits per heavy atom. The summed E-state index contributed by atoms with van der Waals surface area (Å²) in [5.41, 5.74) is 0.544. The molecule has 1 aliphatic rings. The summed E-state index contributed by atoms with van der Waals surface area (Å²) in [4.78, 5) is 37.1. The Hall–Kier alpha value is -3.29. The number of alkyl carbamates (subject to hydrolysis) is 1. The maximum absolute atomic E-state index is 12.8. The number of rotatable bonds is 4. The highest BCUT2D eigenvalue weighted by atomic mass is 16.6.